The Morgan fingerprint density at radius 2 is 2.20 bits per heavy atom. The van der Waals surface area contributed by atoms with Gasteiger partial charge in [-0.15, -0.1) is 0 Å². The Balaban J connectivity index is 2.39. The van der Waals surface area contributed by atoms with E-state index in [-0.39, 0.29) is 16.6 Å². The lowest BCUT2D eigenvalue weighted by Crippen LogP contribution is -2.17. The zero-order valence-corrected chi connectivity index (χ0v) is 8.70. The fourth-order valence-corrected chi connectivity index (χ4v) is 1.96. The minimum atomic E-state index is -0.743. The van der Waals surface area contributed by atoms with Gasteiger partial charge in [0.25, 0.3) is 5.91 Å². The predicted molar refractivity (Wildman–Crippen MR) is 57.3 cm³/mol. The lowest BCUT2D eigenvalue weighted by molar-refractivity contribution is -0.115. The third-order valence-electron chi connectivity index (χ3n) is 1.61. The highest BCUT2D eigenvalue weighted by Crippen LogP contribution is 2.27. The Hall–Kier alpha value is -1.54. The fourth-order valence-electron chi connectivity index (χ4n) is 0.948. The minimum Gasteiger partial charge on any atom is -0.500 e. The van der Waals surface area contributed by atoms with Gasteiger partial charge in [0.05, 0.1) is 4.91 Å². The van der Waals surface area contributed by atoms with E-state index in [4.69, 9.17) is 12.2 Å². The molecule has 78 valence electrons. The third-order valence-corrected chi connectivity index (χ3v) is 2.77. The molecule has 0 saturated carbocycles. The van der Waals surface area contributed by atoms with Crippen LogP contribution < -0.4 is 10.9 Å². The smallest absolute Gasteiger partial charge is 0.322 e. The summed E-state index contributed by atoms with van der Waals surface area (Å²) in [5.41, 5.74) is -0.743. The number of H-pyrrole nitrogens is 1. The van der Waals surface area contributed by atoms with Crippen molar-refractivity contribution in [2.24, 2.45) is 0 Å². The first-order valence-corrected chi connectivity index (χ1v) is 4.95. The van der Waals surface area contributed by atoms with Gasteiger partial charge in [0.15, 0.2) is 0 Å². The number of carbonyl (C=O) groups excluding carboxylic acids is 1. The Bertz CT molecular complexity index is 527. The van der Waals surface area contributed by atoms with Gasteiger partial charge in [-0.25, -0.2) is 0 Å². The van der Waals surface area contributed by atoms with Gasteiger partial charge in [-0.05, 0) is 0 Å². The van der Waals surface area contributed by atoms with E-state index >= 15 is 0 Å². The van der Waals surface area contributed by atoms with E-state index in [2.05, 4.69) is 9.84 Å². The van der Waals surface area contributed by atoms with Crippen molar-refractivity contribution >= 4 is 40.3 Å². The molecule has 0 radical (unpaired) electrons. The van der Waals surface area contributed by atoms with E-state index in [0.717, 1.165) is 11.8 Å². The third kappa shape index (κ3) is 1.81. The van der Waals surface area contributed by atoms with Crippen LogP contribution in [-0.2, 0) is 4.79 Å². The van der Waals surface area contributed by atoms with Gasteiger partial charge in [0, 0.05) is 6.08 Å². The summed E-state index contributed by atoms with van der Waals surface area (Å²) in [5, 5.41) is 13.5. The number of thioether (sulfide) groups is 1. The van der Waals surface area contributed by atoms with Crippen LogP contribution in [0.15, 0.2) is 14.2 Å². The minimum absolute atomic E-state index is 0.0950. The van der Waals surface area contributed by atoms with Crippen LogP contribution in [0.5, 0.6) is 5.75 Å². The van der Waals surface area contributed by atoms with Crippen molar-refractivity contribution in [3.63, 3.8) is 0 Å². The lowest BCUT2D eigenvalue weighted by Gasteiger charge is -1.88. The number of thiocarbonyl (C=S) groups is 1. The summed E-state index contributed by atoms with van der Waals surface area (Å²) < 4.78 is 4.96. The Labute approximate surface area is 92.3 Å². The molecule has 8 heteroatoms. The number of aromatic nitrogens is 1. The molecule has 15 heavy (non-hydrogen) atoms. The van der Waals surface area contributed by atoms with Crippen LogP contribution in [0.2, 0.25) is 0 Å². The molecule has 0 bridgehead atoms. The predicted octanol–water partition coefficient (Wildman–Crippen LogP) is 0.162. The van der Waals surface area contributed by atoms with Crippen molar-refractivity contribution in [3.05, 3.63) is 21.0 Å². The van der Waals surface area contributed by atoms with Crippen molar-refractivity contribution in [2.75, 3.05) is 0 Å². The number of carbonyl (C=O) groups is 1. The second-order valence-electron chi connectivity index (χ2n) is 2.60. The number of nitrogens with one attached hydrogen (secondary N) is 2. The van der Waals surface area contributed by atoms with Gasteiger partial charge in [-0.1, -0.05) is 24.0 Å². The molecule has 1 aliphatic heterocycles. The molecular weight excluding hydrogens is 240 g/mol. The van der Waals surface area contributed by atoms with Crippen LogP contribution in [0.25, 0.3) is 6.08 Å². The van der Waals surface area contributed by atoms with Gasteiger partial charge in [0.2, 0.25) is 11.5 Å². The van der Waals surface area contributed by atoms with E-state index in [9.17, 15) is 14.7 Å². The zero-order chi connectivity index (χ0) is 11.0. The number of amides is 1. The molecule has 0 atom stereocenters. The summed E-state index contributed by atoms with van der Waals surface area (Å²) in [6, 6.07) is 0. The largest absolute Gasteiger partial charge is 0.500 e. The molecule has 1 aromatic rings. The second-order valence-corrected chi connectivity index (χ2v) is 4.32. The summed E-state index contributed by atoms with van der Waals surface area (Å²) in [4.78, 5) is 22.3. The van der Waals surface area contributed by atoms with Crippen LogP contribution in [0, 0.1) is 0 Å². The monoisotopic (exact) mass is 244 g/mol. The van der Waals surface area contributed by atoms with Crippen molar-refractivity contribution in [1.29, 1.82) is 0 Å². The molecule has 1 saturated heterocycles. The normalized spacial score (nSPS) is 18.5. The van der Waals surface area contributed by atoms with Crippen LogP contribution in [0.1, 0.15) is 5.76 Å². The van der Waals surface area contributed by atoms with Gasteiger partial charge in [-0.3, -0.25) is 9.59 Å². The molecule has 1 aromatic heterocycles. The average molecular weight is 244 g/mol. The molecule has 1 aliphatic rings. The quantitative estimate of drug-likeness (QED) is 0.481. The highest BCUT2D eigenvalue weighted by atomic mass is 32.2. The number of aromatic amines is 1. The molecule has 6 nitrogen and oxygen atoms in total. The number of rotatable bonds is 1. The van der Waals surface area contributed by atoms with E-state index in [1.807, 2.05) is 5.16 Å². The maximum atomic E-state index is 11.2. The van der Waals surface area contributed by atoms with E-state index in [1.165, 1.54) is 6.08 Å². The highest BCUT2D eigenvalue weighted by Gasteiger charge is 2.23. The Morgan fingerprint density at radius 1 is 1.47 bits per heavy atom. The number of aromatic hydroxyl groups is 1. The molecule has 0 unspecified atom stereocenters. The molecule has 1 fully saturated rings. The van der Waals surface area contributed by atoms with Crippen molar-refractivity contribution in [3.8, 4) is 5.75 Å². The summed E-state index contributed by atoms with van der Waals surface area (Å²) >= 11 is 5.79. The average Bonchev–Trinajstić information content (AvgIpc) is 2.64. The zero-order valence-electron chi connectivity index (χ0n) is 7.07. The van der Waals surface area contributed by atoms with E-state index in [1.54, 1.807) is 0 Å². The first kappa shape index (κ1) is 9.99. The number of hydrogen-bond acceptors (Lipinski definition) is 6. The molecule has 1 amide bonds. The summed E-state index contributed by atoms with van der Waals surface area (Å²) in [6.07, 6.45) is 1.24. The summed E-state index contributed by atoms with van der Waals surface area (Å²) in [5.74, 6) is -1.04. The van der Waals surface area contributed by atoms with E-state index < -0.39 is 11.3 Å². The first-order valence-electron chi connectivity index (χ1n) is 3.73. The molecule has 2 heterocycles. The van der Waals surface area contributed by atoms with Crippen LogP contribution in [-0.4, -0.2) is 20.5 Å². The van der Waals surface area contributed by atoms with Gasteiger partial charge in [0.1, 0.15) is 4.32 Å². The summed E-state index contributed by atoms with van der Waals surface area (Å²) in [7, 11) is 0. The van der Waals surface area contributed by atoms with Crippen LogP contribution >= 0.6 is 24.0 Å². The standard InChI is InChI=1S/C7H4N2O4S2/c10-4-2(13-9-6(4)12)1-3-5(11)8-7(14)15-3/h1,10H,(H,9,12)(H,8,11,14)/b3-1-. The van der Waals surface area contributed by atoms with Crippen molar-refractivity contribution in [1.82, 2.24) is 10.5 Å². The molecule has 0 spiro atoms. The first-order chi connectivity index (χ1) is 7.08. The fraction of sp³-hybridized carbons (Fsp3) is 0. The topological polar surface area (TPSA) is 95.3 Å². The maximum Gasteiger partial charge on any atom is 0.322 e. The molecule has 2 rings (SSSR count). The van der Waals surface area contributed by atoms with Crippen molar-refractivity contribution in [2.45, 2.75) is 0 Å². The number of hydrogen-bond donors (Lipinski definition) is 3. The molecule has 3 N–H and O–H groups in total. The Morgan fingerprint density at radius 3 is 2.67 bits per heavy atom. The molecular formula is C7H4N2O4S2. The van der Waals surface area contributed by atoms with Gasteiger partial charge < -0.3 is 14.9 Å². The molecule has 0 aliphatic carbocycles. The lowest BCUT2D eigenvalue weighted by atomic mass is 10.3. The van der Waals surface area contributed by atoms with Crippen molar-refractivity contribution < 1.29 is 14.4 Å². The Kier molecular flexibility index (Phi) is 2.37. The summed E-state index contributed by atoms with van der Waals surface area (Å²) in [6.45, 7) is 0. The maximum absolute atomic E-state index is 11.2. The van der Waals surface area contributed by atoms with Gasteiger partial charge in [-0.2, -0.15) is 5.16 Å². The van der Waals surface area contributed by atoms with Crippen LogP contribution in [0.4, 0.5) is 0 Å². The van der Waals surface area contributed by atoms with Crippen LogP contribution in [0.3, 0.4) is 0 Å². The van der Waals surface area contributed by atoms with E-state index in [0.29, 0.717) is 4.32 Å². The van der Waals surface area contributed by atoms with Gasteiger partial charge >= 0.3 is 5.56 Å². The second kappa shape index (κ2) is 3.55. The molecule has 0 aromatic carbocycles. The highest BCUT2D eigenvalue weighted by molar-refractivity contribution is 8.26. The SMILES string of the molecule is O=C1NC(=S)S/C1=C\c1o[nH]c(=O)c1O.